The van der Waals surface area contributed by atoms with E-state index in [0.29, 0.717) is 6.61 Å². The average molecular weight is 411 g/mol. The smallest absolute Gasteiger partial charge is 0.226 e. The van der Waals surface area contributed by atoms with Gasteiger partial charge in [0, 0.05) is 10.9 Å². The molecule has 4 nitrogen and oxygen atoms in total. The van der Waals surface area contributed by atoms with Gasteiger partial charge in [0.1, 0.15) is 16.6 Å². The van der Waals surface area contributed by atoms with Gasteiger partial charge in [-0.05, 0) is 68.1 Å². The summed E-state index contributed by atoms with van der Waals surface area (Å²) in [6.07, 6.45) is 3.03. The normalized spacial score (nSPS) is 14.8. The number of aromatic nitrogens is 1. The van der Waals surface area contributed by atoms with Crippen molar-refractivity contribution in [3.8, 4) is 16.3 Å². The highest BCUT2D eigenvalue weighted by Gasteiger charge is 2.39. The number of rotatable bonds is 7. The molecule has 3 aromatic rings. The van der Waals surface area contributed by atoms with E-state index in [0.717, 1.165) is 46.8 Å². The molecule has 29 heavy (non-hydrogen) atoms. The van der Waals surface area contributed by atoms with Crippen LogP contribution in [0.1, 0.15) is 37.4 Å². The third-order valence-electron chi connectivity index (χ3n) is 5.29. The summed E-state index contributed by atoms with van der Waals surface area (Å²) in [6.45, 7) is 2.59. The summed E-state index contributed by atoms with van der Waals surface area (Å²) in [5.41, 5.74) is 2.35. The molecule has 0 unspecified atom stereocenters. The molecule has 0 bridgehead atoms. The number of thiazole rings is 1. The van der Waals surface area contributed by atoms with E-state index in [9.17, 15) is 9.18 Å². The summed E-state index contributed by atoms with van der Waals surface area (Å²) in [6, 6.07) is 14.2. The Morgan fingerprint density at radius 1 is 1.17 bits per heavy atom. The van der Waals surface area contributed by atoms with E-state index in [-0.39, 0.29) is 23.7 Å². The quantitative estimate of drug-likeness (QED) is 0.591. The maximum Gasteiger partial charge on any atom is 0.226 e. The number of amides is 1. The summed E-state index contributed by atoms with van der Waals surface area (Å²) in [5.74, 6) is 0.510. The zero-order valence-corrected chi connectivity index (χ0v) is 17.1. The molecule has 1 aliphatic carbocycles. The molecule has 1 aliphatic rings. The van der Waals surface area contributed by atoms with Gasteiger partial charge in [0.15, 0.2) is 0 Å². The molecule has 1 amide bonds. The van der Waals surface area contributed by atoms with Crippen LogP contribution in [0.5, 0.6) is 5.75 Å². The Balaban J connectivity index is 1.42. The molecule has 2 aromatic carbocycles. The first kappa shape index (κ1) is 19.6. The number of carbonyl (C=O) groups is 1. The van der Waals surface area contributed by atoms with Gasteiger partial charge in [-0.1, -0.05) is 12.1 Å². The van der Waals surface area contributed by atoms with Gasteiger partial charge in [0.2, 0.25) is 5.91 Å². The van der Waals surface area contributed by atoms with Crippen molar-refractivity contribution < 1.29 is 13.9 Å². The van der Waals surface area contributed by atoms with Gasteiger partial charge < -0.3 is 10.1 Å². The second-order valence-electron chi connectivity index (χ2n) is 7.27. The van der Waals surface area contributed by atoms with Crippen LogP contribution in [0, 0.1) is 5.82 Å². The first-order valence-electron chi connectivity index (χ1n) is 9.83. The molecule has 0 aliphatic heterocycles. The Bertz CT molecular complexity index is 979. The van der Waals surface area contributed by atoms with Crippen LogP contribution in [-0.2, 0) is 16.8 Å². The lowest BCUT2D eigenvalue weighted by Crippen LogP contribution is -2.51. The lowest BCUT2D eigenvalue weighted by atomic mass is 9.71. The van der Waals surface area contributed by atoms with Gasteiger partial charge in [-0.25, -0.2) is 9.37 Å². The summed E-state index contributed by atoms with van der Waals surface area (Å²) in [4.78, 5) is 17.3. The molecule has 0 spiro atoms. The fraction of sp³-hybridized carbons (Fsp3) is 0.304. The Morgan fingerprint density at radius 2 is 1.90 bits per heavy atom. The molecular weight excluding hydrogens is 387 g/mol. The fourth-order valence-electron chi connectivity index (χ4n) is 3.64. The van der Waals surface area contributed by atoms with Crippen LogP contribution in [0.4, 0.5) is 4.39 Å². The Morgan fingerprint density at radius 3 is 2.52 bits per heavy atom. The molecule has 0 atom stereocenters. The second-order valence-corrected chi connectivity index (χ2v) is 8.13. The van der Waals surface area contributed by atoms with Crippen molar-refractivity contribution in [3.63, 3.8) is 0 Å². The molecule has 0 saturated heterocycles. The number of nitrogens with one attached hydrogen (secondary N) is 1. The summed E-state index contributed by atoms with van der Waals surface area (Å²) in [5, 5.41) is 5.98. The first-order valence-corrected chi connectivity index (χ1v) is 10.7. The predicted molar refractivity (Wildman–Crippen MR) is 112 cm³/mol. The van der Waals surface area contributed by atoms with E-state index in [1.165, 1.54) is 23.5 Å². The highest BCUT2D eigenvalue weighted by atomic mass is 32.1. The van der Waals surface area contributed by atoms with Crippen LogP contribution in [0.15, 0.2) is 53.9 Å². The van der Waals surface area contributed by atoms with E-state index in [1.54, 1.807) is 12.1 Å². The van der Waals surface area contributed by atoms with E-state index < -0.39 is 0 Å². The van der Waals surface area contributed by atoms with Crippen LogP contribution < -0.4 is 10.1 Å². The van der Waals surface area contributed by atoms with Crippen LogP contribution >= 0.6 is 11.3 Å². The molecule has 1 N–H and O–H groups in total. The Hall–Kier alpha value is -2.73. The fourth-order valence-corrected chi connectivity index (χ4v) is 4.47. The monoisotopic (exact) mass is 410 g/mol. The van der Waals surface area contributed by atoms with Crippen LogP contribution in [-0.4, -0.2) is 17.5 Å². The number of nitrogens with zero attached hydrogens (tertiary/aromatic N) is 1. The zero-order valence-electron chi connectivity index (χ0n) is 16.3. The number of benzene rings is 2. The predicted octanol–water partition coefficient (Wildman–Crippen LogP) is 5.09. The third-order valence-corrected chi connectivity index (χ3v) is 6.23. The van der Waals surface area contributed by atoms with Gasteiger partial charge in [0.25, 0.3) is 0 Å². The maximum absolute atomic E-state index is 13.2. The molecule has 6 heteroatoms. The van der Waals surface area contributed by atoms with Crippen molar-refractivity contribution in [1.29, 1.82) is 0 Å². The van der Waals surface area contributed by atoms with Gasteiger partial charge in [-0.3, -0.25) is 4.79 Å². The Kier molecular flexibility index (Phi) is 5.62. The minimum atomic E-state index is -0.376. The molecule has 1 aromatic heterocycles. The van der Waals surface area contributed by atoms with Crippen molar-refractivity contribution >= 4 is 17.2 Å². The number of hydrogen-bond acceptors (Lipinski definition) is 4. The maximum atomic E-state index is 13.2. The van der Waals surface area contributed by atoms with Crippen molar-refractivity contribution in [3.05, 3.63) is 71.0 Å². The first-order chi connectivity index (χ1) is 14.1. The van der Waals surface area contributed by atoms with E-state index in [2.05, 4.69) is 10.3 Å². The lowest BCUT2D eigenvalue weighted by Gasteiger charge is -2.43. The van der Waals surface area contributed by atoms with Gasteiger partial charge >= 0.3 is 0 Å². The number of halogens is 1. The summed E-state index contributed by atoms with van der Waals surface area (Å²) >= 11 is 1.53. The number of carbonyl (C=O) groups excluding carboxylic acids is 1. The SMILES string of the molecule is CCOc1ccc(-c2nc(CC(=O)NC3(c4ccc(F)cc4)CCC3)cs2)cc1. The van der Waals surface area contributed by atoms with Crippen LogP contribution in [0.2, 0.25) is 0 Å². The third kappa shape index (κ3) is 4.32. The molecule has 1 saturated carbocycles. The molecular formula is C23H23FN2O2S. The van der Waals surface area contributed by atoms with E-state index in [4.69, 9.17) is 4.74 Å². The number of ether oxygens (including phenoxy) is 1. The minimum absolute atomic E-state index is 0.0578. The molecule has 4 rings (SSSR count). The van der Waals surface area contributed by atoms with Gasteiger partial charge in [-0.15, -0.1) is 11.3 Å². The molecule has 0 radical (unpaired) electrons. The van der Waals surface area contributed by atoms with Crippen LogP contribution in [0.25, 0.3) is 10.6 Å². The lowest BCUT2D eigenvalue weighted by molar-refractivity contribution is -0.123. The largest absolute Gasteiger partial charge is 0.494 e. The second kappa shape index (κ2) is 8.33. The van der Waals surface area contributed by atoms with E-state index in [1.807, 2.05) is 36.6 Å². The molecule has 150 valence electrons. The van der Waals surface area contributed by atoms with Crippen molar-refractivity contribution in [2.75, 3.05) is 6.61 Å². The van der Waals surface area contributed by atoms with Gasteiger partial charge in [-0.2, -0.15) is 0 Å². The van der Waals surface area contributed by atoms with Crippen molar-refractivity contribution in [2.24, 2.45) is 0 Å². The van der Waals surface area contributed by atoms with E-state index >= 15 is 0 Å². The highest BCUT2D eigenvalue weighted by molar-refractivity contribution is 7.13. The average Bonchev–Trinajstić information content (AvgIpc) is 3.15. The highest BCUT2D eigenvalue weighted by Crippen LogP contribution is 2.41. The molecule has 1 heterocycles. The minimum Gasteiger partial charge on any atom is -0.494 e. The summed E-state index contributed by atoms with van der Waals surface area (Å²) in [7, 11) is 0. The molecule has 1 fully saturated rings. The summed E-state index contributed by atoms with van der Waals surface area (Å²) < 4.78 is 18.7. The van der Waals surface area contributed by atoms with Crippen molar-refractivity contribution in [2.45, 2.75) is 38.1 Å². The van der Waals surface area contributed by atoms with Crippen LogP contribution in [0.3, 0.4) is 0 Å². The zero-order chi connectivity index (χ0) is 20.3. The standard InChI is InChI=1S/C23H23FN2O2S/c1-2-28-20-10-4-16(5-11-20)22-25-19(15-29-22)14-21(27)26-23(12-3-13-23)17-6-8-18(24)9-7-17/h4-11,15H,2-3,12-14H2,1H3,(H,26,27). The Labute approximate surface area is 173 Å². The van der Waals surface area contributed by atoms with Gasteiger partial charge in [0.05, 0.1) is 24.3 Å². The topological polar surface area (TPSA) is 51.2 Å². The van der Waals surface area contributed by atoms with Crippen molar-refractivity contribution in [1.82, 2.24) is 10.3 Å². The number of hydrogen-bond donors (Lipinski definition) is 1.